The quantitative estimate of drug-likeness (QED) is 0.373. The molecule has 1 aliphatic heterocycles. The second-order valence-corrected chi connectivity index (χ2v) is 7.62. The van der Waals surface area contributed by atoms with Gasteiger partial charge in [-0.05, 0) is 50.3 Å². The number of rotatable bonds is 5. The fraction of sp³-hybridized carbons (Fsp3) is 0.619. The van der Waals surface area contributed by atoms with Crippen LogP contribution in [0.3, 0.4) is 0 Å². The molecule has 25 heavy (non-hydrogen) atoms. The minimum atomic E-state index is 0. The summed E-state index contributed by atoms with van der Waals surface area (Å²) in [6, 6.07) is 9.15. The van der Waals surface area contributed by atoms with Gasteiger partial charge in [0.15, 0.2) is 0 Å². The first-order valence-corrected chi connectivity index (χ1v) is 9.56. The first kappa shape index (κ1) is 20.7. The zero-order valence-electron chi connectivity index (χ0n) is 16.0. The van der Waals surface area contributed by atoms with E-state index in [-0.39, 0.29) is 24.0 Å². The minimum absolute atomic E-state index is 0. The summed E-state index contributed by atoms with van der Waals surface area (Å²) in [7, 11) is 4.16. The smallest absolute Gasteiger partial charge is 0.119 e. The summed E-state index contributed by atoms with van der Waals surface area (Å²) in [5.74, 6) is 0.972. The molecule has 0 amide bonds. The molecule has 1 heterocycles. The molecule has 0 aromatic heterocycles. The van der Waals surface area contributed by atoms with Gasteiger partial charge < -0.3 is 33.2 Å². The molecule has 1 aromatic rings. The van der Waals surface area contributed by atoms with Crippen LogP contribution in [0.15, 0.2) is 35.9 Å². The number of nitrogens with zero attached hydrogens (tertiary/aromatic N) is 2. The summed E-state index contributed by atoms with van der Waals surface area (Å²) in [6.45, 7) is 8.43. The first-order valence-electron chi connectivity index (χ1n) is 9.56. The number of allylic oxidation sites excluding steroid dienone is 1. The van der Waals surface area contributed by atoms with Crippen molar-refractivity contribution < 1.29 is 33.2 Å². The zero-order valence-corrected chi connectivity index (χ0v) is 18.2. The largest absolute Gasteiger partial charge is 1.00 e. The Labute approximate surface area is 170 Å². The van der Waals surface area contributed by atoms with Gasteiger partial charge in [-0.15, -0.1) is 0 Å². The van der Waals surface area contributed by atoms with E-state index in [0.717, 1.165) is 5.75 Å². The van der Waals surface area contributed by atoms with E-state index in [2.05, 4.69) is 49.2 Å². The van der Waals surface area contributed by atoms with Gasteiger partial charge in [0.25, 0.3) is 0 Å². The van der Waals surface area contributed by atoms with Crippen molar-refractivity contribution in [2.24, 2.45) is 0 Å². The second-order valence-electron chi connectivity index (χ2n) is 7.62. The van der Waals surface area contributed by atoms with E-state index in [1.807, 2.05) is 0 Å². The molecule has 140 valence electrons. The number of quaternary nitrogens is 1. The van der Waals surface area contributed by atoms with Crippen molar-refractivity contribution in [3.63, 3.8) is 0 Å². The van der Waals surface area contributed by atoms with E-state index in [9.17, 15) is 0 Å². The molecule has 4 heteroatoms. The molecule has 0 saturated carbocycles. The third kappa shape index (κ3) is 4.98. The highest BCUT2D eigenvalue weighted by atomic mass is 127. The Morgan fingerprint density at radius 2 is 1.96 bits per heavy atom. The van der Waals surface area contributed by atoms with Gasteiger partial charge >= 0.3 is 0 Å². The maximum atomic E-state index is 5.49. The lowest BCUT2D eigenvalue weighted by atomic mass is 9.88. The molecular weight excluding hydrogens is 423 g/mol. The Kier molecular flexibility index (Phi) is 7.77. The summed E-state index contributed by atoms with van der Waals surface area (Å²) in [4.78, 5) is 2.71. The molecule has 1 atom stereocenters. The normalized spacial score (nSPS) is 21.8. The van der Waals surface area contributed by atoms with E-state index in [4.69, 9.17) is 4.74 Å². The van der Waals surface area contributed by atoms with Crippen LogP contribution in [0.1, 0.15) is 44.2 Å². The van der Waals surface area contributed by atoms with Crippen molar-refractivity contribution in [2.75, 3.05) is 46.9 Å². The van der Waals surface area contributed by atoms with Crippen LogP contribution in [0.4, 0.5) is 0 Å². The minimum Gasteiger partial charge on any atom is -1.00 e. The van der Waals surface area contributed by atoms with Crippen LogP contribution in [0.5, 0.6) is 5.75 Å². The van der Waals surface area contributed by atoms with E-state index < -0.39 is 0 Å². The van der Waals surface area contributed by atoms with E-state index >= 15 is 0 Å². The van der Waals surface area contributed by atoms with Crippen molar-refractivity contribution in [3.8, 4) is 5.75 Å². The molecule has 0 radical (unpaired) electrons. The van der Waals surface area contributed by atoms with Gasteiger partial charge in [0.2, 0.25) is 0 Å². The SMILES string of the molecule is CC[N+]1(C)CCN(C(C2=CCCCC2)c2cccc(OC)c2)CC1.[I-]. The summed E-state index contributed by atoms with van der Waals surface area (Å²) in [5.41, 5.74) is 3.03. The van der Waals surface area contributed by atoms with E-state index in [1.54, 1.807) is 12.7 Å². The molecule has 1 saturated heterocycles. The van der Waals surface area contributed by atoms with Crippen molar-refractivity contribution in [2.45, 2.75) is 38.6 Å². The third-order valence-corrected chi connectivity index (χ3v) is 6.07. The molecular formula is C21H33IN2O. The second kappa shape index (κ2) is 9.38. The highest BCUT2D eigenvalue weighted by molar-refractivity contribution is 5.35. The number of piperazine rings is 1. The van der Waals surface area contributed by atoms with Crippen molar-refractivity contribution in [1.82, 2.24) is 4.90 Å². The summed E-state index contributed by atoms with van der Waals surface area (Å²) in [6.07, 6.45) is 7.68. The molecule has 3 nitrogen and oxygen atoms in total. The molecule has 1 unspecified atom stereocenters. The molecule has 1 fully saturated rings. The van der Waals surface area contributed by atoms with Crippen LogP contribution in [-0.2, 0) is 0 Å². The number of hydrogen-bond acceptors (Lipinski definition) is 2. The summed E-state index contributed by atoms with van der Waals surface area (Å²) < 4.78 is 6.70. The Hall–Kier alpha value is -0.590. The van der Waals surface area contributed by atoms with Gasteiger partial charge in [0.05, 0.1) is 39.8 Å². The van der Waals surface area contributed by atoms with Gasteiger partial charge in [-0.1, -0.05) is 23.8 Å². The Morgan fingerprint density at radius 3 is 2.56 bits per heavy atom. The van der Waals surface area contributed by atoms with Gasteiger partial charge in [-0.25, -0.2) is 0 Å². The molecule has 1 aliphatic carbocycles. The maximum Gasteiger partial charge on any atom is 0.119 e. The third-order valence-electron chi connectivity index (χ3n) is 6.07. The van der Waals surface area contributed by atoms with E-state index in [0.29, 0.717) is 6.04 Å². The molecule has 0 bridgehead atoms. The maximum absolute atomic E-state index is 5.49. The van der Waals surface area contributed by atoms with Crippen molar-refractivity contribution >= 4 is 0 Å². The van der Waals surface area contributed by atoms with Crippen LogP contribution < -0.4 is 28.7 Å². The molecule has 1 aromatic carbocycles. The summed E-state index contributed by atoms with van der Waals surface area (Å²) in [5, 5.41) is 0. The van der Waals surface area contributed by atoms with Gasteiger partial charge in [-0.3, -0.25) is 4.90 Å². The first-order chi connectivity index (χ1) is 11.6. The topological polar surface area (TPSA) is 12.5 Å². The highest BCUT2D eigenvalue weighted by Crippen LogP contribution is 2.36. The number of likely N-dealkylation sites (N-methyl/N-ethyl adjacent to an activating group) is 1. The lowest BCUT2D eigenvalue weighted by Crippen LogP contribution is -3.00. The van der Waals surface area contributed by atoms with Crippen molar-refractivity contribution in [3.05, 3.63) is 41.5 Å². The average Bonchev–Trinajstić information content (AvgIpc) is 2.65. The van der Waals surface area contributed by atoms with Gasteiger partial charge in [0, 0.05) is 13.1 Å². The van der Waals surface area contributed by atoms with Gasteiger partial charge in [0.1, 0.15) is 5.75 Å². The number of hydrogen-bond donors (Lipinski definition) is 0. The fourth-order valence-corrected chi connectivity index (χ4v) is 4.12. The Balaban J connectivity index is 0.00000225. The van der Waals surface area contributed by atoms with Crippen LogP contribution >= 0.6 is 0 Å². The fourth-order valence-electron chi connectivity index (χ4n) is 4.12. The molecule has 2 aliphatic rings. The van der Waals surface area contributed by atoms with Crippen LogP contribution in [0.25, 0.3) is 0 Å². The Bertz CT molecular complexity index is 579. The molecule has 0 spiro atoms. The monoisotopic (exact) mass is 456 g/mol. The lowest BCUT2D eigenvalue weighted by Gasteiger charge is -2.45. The standard InChI is InChI=1S/C21H33N2O.HI/c1-4-23(2)15-13-22(14-16-23)21(18-9-6-5-7-10-18)19-11-8-12-20(17-19)24-3;/h8-9,11-12,17,21H,4-7,10,13-16H2,1-3H3;1H/q+1;/p-1. The summed E-state index contributed by atoms with van der Waals surface area (Å²) >= 11 is 0. The van der Waals surface area contributed by atoms with Gasteiger partial charge in [-0.2, -0.15) is 0 Å². The molecule has 3 rings (SSSR count). The van der Waals surface area contributed by atoms with Crippen LogP contribution in [-0.4, -0.2) is 56.3 Å². The predicted octanol–water partition coefficient (Wildman–Crippen LogP) is 1.02. The number of methoxy groups -OCH3 is 1. The van der Waals surface area contributed by atoms with E-state index in [1.165, 1.54) is 68.5 Å². The van der Waals surface area contributed by atoms with Crippen LogP contribution in [0, 0.1) is 0 Å². The average molecular weight is 456 g/mol. The Morgan fingerprint density at radius 1 is 1.20 bits per heavy atom. The number of halogens is 1. The number of benzene rings is 1. The lowest BCUT2D eigenvalue weighted by molar-refractivity contribution is -0.912. The number of ether oxygens (including phenoxy) is 1. The molecule has 0 N–H and O–H groups in total. The van der Waals surface area contributed by atoms with Crippen molar-refractivity contribution in [1.29, 1.82) is 0 Å². The van der Waals surface area contributed by atoms with Crippen LogP contribution in [0.2, 0.25) is 0 Å². The zero-order chi connectivity index (χ0) is 17.0. The highest BCUT2D eigenvalue weighted by Gasteiger charge is 2.33. The predicted molar refractivity (Wildman–Crippen MR) is 100 cm³/mol.